The smallest absolute Gasteiger partial charge is 0.440 e. The van der Waals surface area contributed by atoms with Gasteiger partial charge in [-0.3, -0.25) is 0 Å². The second kappa shape index (κ2) is 6.23. The van der Waals surface area contributed by atoms with Crippen molar-refractivity contribution >= 4 is 29.5 Å². The van der Waals surface area contributed by atoms with Gasteiger partial charge in [0.05, 0.1) is 18.1 Å². The van der Waals surface area contributed by atoms with Gasteiger partial charge in [0.25, 0.3) is 0 Å². The van der Waals surface area contributed by atoms with E-state index in [9.17, 15) is 10.0 Å². The van der Waals surface area contributed by atoms with Gasteiger partial charge in [0, 0.05) is 24.6 Å². The average Bonchev–Trinajstić information content (AvgIpc) is 2.92. The summed E-state index contributed by atoms with van der Waals surface area (Å²) in [7, 11) is -1.52. The highest BCUT2D eigenvalue weighted by Crippen LogP contribution is 2.38. The van der Waals surface area contributed by atoms with Crippen LogP contribution < -0.4 is 10.2 Å². The molecule has 1 fully saturated rings. The quantitative estimate of drug-likeness (QED) is 0.809. The van der Waals surface area contributed by atoms with E-state index in [-0.39, 0.29) is 0 Å². The van der Waals surface area contributed by atoms with Crippen molar-refractivity contribution in [1.82, 2.24) is 4.90 Å². The van der Waals surface area contributed by atoms with Gasteiger partial charge in [0.2, 0.25) is 0 Å². The summed E-state index contributed by atoms with van der Waals surface area (Å²) in [6.45, 7) is 5.00. The molecule has 0 bridgehead atoms. The minimum atomic E-state index is -1.52. The molecule has 0 atom stereocenters. The van der Waals surface area contributed by atoms with Gasteiger partial charge in [0.1, 0.15) is 5.75 Å². The number of ether oxygens (including phenoxy) is 2. The third-order valence-corrected chi connectivity index (χ3v) is 4.57. The molecule has 7 heteroatoms. The Bertz CT molecular complexity index is 576. The average molecular weight is 307 g/mol. The Balaban J connectivity index is 1.97. The summed E-state index contributed by atoms with van der Waals surface area (Å²) in [5.41, 5.74) is 1.51. The summed E-state index contributed by atoms with van der Waals surface area (Å²) in [5, 5.41) is 20.7. The van der Waals surface area contributed by atoms with Crippen molar-refractivity contribution in [3.8, 4) is 5.75 Å². The molecule has 1 saturated heterocycles. The molecule has 1 aromatic rings. The fraction of sp³-hybridized carbons (Fsp3) is 0.429. The van der Waals surface area contributed by atoms with E-state index in [1.165, 1.54) is 11.3 Å². The molecule has 0 spiro atoms. The van der Waals surface area contributed by atoms with Crippen LogP contribution in [-0.4, -0.2) is 48.4 Å². The van der Waals surface area contributed by atoms with Crippen LogP contribution in [0.2, 0.25) is 0 Å². The van der Waals surface area contributed by atoms with Crippen LogP contribution in [0, 0.1) is 0 Å². The zero-order valence-electron chi connectivity index (χ0n) is 11.9. The Morgan fingerprint density at radius 3 is 2.81 bits per heavy atom. The summed E-state index contributed by atoms with van der Waals surface area (Å²) < 4.78 is 11.3. The topological polar surface area (TPSA) is 62.2 Å². The summed E-state index contributed by atoms with van der Waals surface area (Å²) in [4.78, 5) is 3.08. The lowest BCUT2D eigenvalue weighted by molar-refractivity contribution is 0.0348. The summed E-state index contributed by atoms with van der Waals surface area (Å²) in [6.07, 6.45) is 5.07. The Kier molecular flexibility index (Phi) is 4.35. The Hall–Kier alpha value is -1.28. The standard InChI is InChI=1S/C14H18BNO4S/c1-2-3-10-8-12(16-4-6-19-7-5-16)20-13-11(15(17)18)9-21-14(10)13/h3,8-9,17-18H,2,4-7H2,1H3/b10-3-. The highest BCUT2D eigenvalue weighted by atomic mass is 32.1. The van der Waals surface area contributed by atoms with Crippen LogP contribution in [0.25, 0.3) is 5.57 Å². The Morgan fingerprint density at radius 1 is 1.38 bits per heavy atom. The largest absolute Gasteiger partial charge is 0.493 e. The zero-order valence-corrected chi connectivity index (χ0v) is 12.7. The molecule has 0 saturated carbocycles. The normalized spacial score (nSPS) is 20.0. The number of thiophene rings is 1. The predicted molar refractivity (Wildman–Crippen MR) is 83.5 cm³/mol. The van der Waals surface area contributed by atoms with Crippen molar-refractivity contribution in [3.63, 3.8) is 0 Å². The number of hydrogen-bond acceptors (Lipinski definition) is 6. The number of nitrogens with zero attached hydrogens (tertiary/aromatic N) is 1. The molecule has 3 heterocycles. The second-order valence-electron chi connectivity index (χ2n) is 4.97. The van der Waals surface area contributed by atoms with E-state index in [0.717, 1.165) is 35.8 Å². The fourth-order valence-corrected chi connectivity index (χ4v) is 3.51. The third-order valence-electron chi connectivity index (χ3n) is 3.54. The number of fused-ring (bicyclic) bond motifs is 1. The molecular formula is C14H18BNO4S. The Labute approximate surface area is 128 Å². The van der Waals surface area contributed by atoms with E-state index in [1.807, 2.05) is 6.08 Å². The molecule has 0 amide bonds. The first-order valence-corrected chi connectivity index (χ1v) is 7.99. The maximum atomic E-state index is 9.49. The first-order valence-electron chi connectivity index (χ1n) is 7.11. The van der Waals surface area contributed by atoms with Crippen molar-refractivity contribution < 1.29 is 19.5 Å². The van der Waals surface area contributed by atoms with E-state index in [4.69, 9.17) is 9.47 Å². The van der Waals surface area contributed by atoms with Crippen LogP contribution in [0.5, 0.6) is 5.75 Å². The van der Waals surface area contributed by atoms with Crippen LogP contribution in [-0.2, 0) is 4.74 Å². The molecule has 2 aliphatic heterocycles. The predicted octanol–water partition coefficient (Wildman–Crippen LogP) is 0.787. The molecule has 2 N–H and O–H groups in total. The summed E-state index contributed by atoms with van der Waals surface area (Å²) in [5.74, 6) is 1.32. The summed E-state index contributed by atoms with van der Waals surface area (Å²) >= 11 is 1.48. The molecule has 0 aromatic carbocycles. The van der Waals surface area contributed by atoms with E-state index in [0.29, 0.717) is 24.4 Å². The third kappa shape index (κ3) is 2.87. The first-order chi connectivity index (χ1) is 10.2. The lowest BCUT2D eigenvalue weighted by Gasteiger charge is -2.32. The van der Waals surface area contributed by atoms with Gasteiger partial charge in [-0.25, -0.2) is 0 Å². The molecule has 5 nitrogen and oxygen atoms in total. The van der Waals surface area contributed by atoms with Crippen LogP contribution in [0.4, 0.5) is 0 Å². The van der Waals surface area contributed by atoms with Crippen molar-refractivity contribution in [1.29, 1.82) is 0 Å². The zero-order chi connectivity index (χ0) is 14.8. The first kappa shape index (κ1) is 14.7. The van der Waals surface area contributed by atoms with Gasteiger partial charge in [-0.05, 0) is 17.4 Å². The van der Waals surface area contributed by atoms with Gasteiger partial charge >= 0.3 is 7.12 Å². The van der Waals surface area contributed by atoms with Crippen molar-refractivity contribution in [2.24, 2.45) is 0 Å². The molecular weight excluding hydrogens is 289 g/mol. The van der Waals surface area contributed by atoms with Crippen molar-refractivity contribution in [3.05, 3.63) is 28.3 Å². The highest BCUT2D eigenvalue weighted by molar-refractivity contribution is 7.13. The fourth-order valence-electron chi connectivity index (χ4n) is 2.49. The number of hydrogen-bond donors (Lipinski definition) is 2. The van der Waals surface area contributed by atoms with Crippen LogP contribution in [0.1, 0.15) is 18.2 Å². The highest BCUT2D eigenvalue weighted by Gasteiger charge is 2.29. The molecule has 0 unspecified atom stereocenters. The molecule has 3 rings (SSSR count). The number of morpholine rings is 1. The van der Waals surface area contributed by atoms with E-state index in [2.05, 4.69) is 17.9 Å². The van der Waals surface area contributed by atoms with Gasteiger partial charge in [-0.1, -0.05) is 13.0 Å². The minimum absolute atomic E-state index is 0.427. The molecule has 112 valence electrons. The van der Waals surface area contributed by atoms with E-state index >= 15 is 0 Å². The van der Waals surface area contributed by atoms with Gasteiger partial charge in [-0.2, -0.15) is 0 Å². The maximum Gasteiger partial charge on any atom is 0.493 e. The lowest BCUT2D eigenvalue weighted by Crippen LogP contribution is -2.39. The number of allylic oxidation sites excluding steroid dienone is 3. The van der Waals surface area contributed by atoms with Crippen LogP contribution in [0.15, 0.2) is 23.4 Å². The molecule has 0 aliphatic carbocycles. The molecule has 0 radical (unpaired) electrons. The minimum Gasteiger partial charge on any atom is -0.440 e. The lowest BCUT2D eigenvalue weighted by atomic mass is 9.81. The maximum absolute atomic E-state index is 9.49. The Morgan fingerprint density at radius 2 is 2.14 bits per heavy atom. The molecule has 1 aromatic heterocycles. The van der Waals surface area contributed by atoms with E-state index < -0.39 is 7.12 Å². The van der Waals surface area contributed by atoms with Gasteiger partial charge in [-0.15, -0.1) is 11.3 Å². The van der Waals surface area contributed by atoms with Gasteiger partial charge in [0.15, 0.2) is 5.88 Å². The number of rotatable bonds is 3. The van der Waals surface area contributed by atoms with Crippen molar-refractivity contribution in [2.75, 3.05) is 26.3 Å². The molecule has 21 heavy (non-hydrogen) atoms. The SMILES string of the molecule is CC/C=C1/C=C(N2CCOCC2)Oc2c(B(O)O)csc21. The van der Waals surface area contributed by atoms with Crippen molar-refractivity contribution in [2.45, 2.75) is 13.3 Å². The monoisotopic (exact) mass is 307 g/mol. The molecule has 2 aliphatic rings. The van der Waals surface area contributed by atoms with Gasteiger partial charge < -0.3 is 24.4 Å². The second-order valence-corrected chi connectivity index (χ2v) is 5.85. The summed E-state index contributed by atoms with van der Waals surface area (Å²) in [6, 6.07) is 0. The van der Waals surface area contributed by atoms with Crippen LogP contribution >= 0.6 is 11.3 Å². The van der Waals surface area contributed by atoms with E-state index in [1.54, 1.807) is 5.38 Å². The van der Waals surface area contributed by atoms with Crippen LogP contribution in [0.3, 0.4) is 0 Å².